The molecule has 1 aliphatic heterocycles. The van der Waals surface area contributed by atoms with Gasteiger partial charge >= 0.3 is 0 Å². The van der Waals surface area contributed by atoms with Crippen molar-refractivity contribution in [1.29, 1.82) is 0 Å². The monoisotopic (exact) mass is 355 g/mol. The first-order chi connectivity index (χ1) is 12.6. The summed E-state index contributed by atoms with van der Waals surface area (Å²) in [6.07, 6.45) is 2.13. The second kappa shape index (κ2) is 8.58. The Labute approximate surface area is 154 Å². The van der Waals surface area contributed by atoms with Crippen molar-refractivity contribution in [2.45, 2.75) is 17.9 Å². The van der Waals surface area contributed by atoms with E-state index in [0.717, 1.165) is 18.7 Å². The maximum Gasteiger partial charge on any atom is 0.123 e. The van der Waals surface area contributed by atoms with E-state index in [9.17, 15) is 9.50 Å². The van der Waals surface area contributed by atoms with Crippen LogP contribution in [-0.2, 0) is 10.3 Å². The molecule has 1 saturated heterocycles. The largest absolute Gasteiger partial charge is 0.384 e. The molecule has 2 aromatic carbocycles. The van der Waals surface area contributed by atoms with Crippen LogP contribution in [0.4, 0.5) is 4.39 Å². The summed E-state index contributed by atoms with van der Waals surface area (Å²) in [5.41, 5.74) is 0.614. The Morgan fingerprint density at radius 2 is 1.77 bits per heavy atom. The van der Waals surface area contributed by atoms with Crippen LogP contribution in [0, 0.1) is 5.82 Å². The molecule has 1 aliphatic rings. The van der Waals surface area contributed by atoms with Gasteiger partial charge in [-0.25, -0.2) is 4.39 Å². The second-order valence-corrected chi connectivity index (χ2v) is 6.80. The van der Waals surface area contributed by atoms with Crippen LogP contribution in [0.3, 0.4) is 0 Å². The molecule has 3 rings (SSSR count). The van der Waals surface area contributed by atoms with E-state index in [4.69, 9.17) is 4.74 Å². The molecule has 2 atom stereocenters. The Kier molecular flexibility index (Phi) is 6.20. The number of morpholine rings is 1. The molecule has 26 heavy (non-hydrogen) atoms. The van der Waals surface area contributed by atoms with E-state index in [1.54, 1.807) is 18.2 Å². The minimum Gasteiger partial charge on any atom is -0.384 e. The van der Waals surface area contributed by atoms with Gasteiger partial charge in [-0.1, -0.05) is 48.5 Å². The molecule has 0 unspecified atom stereocenters. The summed E-state index contributed by atoms with van der Waals surface area (Å²) in [6, 6.07) is 16.2. The highest BCUT2D eigenvalue weighted by Gasteiger charge is 2.39. The Morgan fingerprint density at radius 1 is 1.12 bits per heavy atom. The van der Waals surface area contributed by atoms with E-state index < -0.39 is 5.60 Å². The Morgan fingerprint density at radius 3 is 2.38 bits per heavy atom. The number of hydrogen-bond acceptors (Lipinski definition) is 3. The van der Waals surface area contributed by atoms with Gasteiger partial charge in [0.05, 0.1) is 13.2 Å². The predicted molar refractivity (Wildman–Crippen MR) is 102 cm³/mol. The number of benzene rings is 2. The Balaban J connectivity index is 2.00. The van der Waals surface area contributed by atoms with Crippen LogP contribution in [0.1, 0.15) is 23.5 Å². The smallest absolute Gasteiger partial charge is 0.123 e. The van der Waals surface area contributed by atoms with Gasteiger partial charge in [-0.05, 0) is 29.7 Å². The first kappa shape index (κ1) is 18.8. The fourth-order valence-corrected chi connectivity index (χ4v) is 3.68. The van der Waals surface area contributed by atoms with E-state index in [-0.39, 0.29) is 11.7 Å². The molecule has 0 aliphatic carbocycles. The highest BCUT2D eigenvalue weighted by atomic mass is 19.1. The van der Waals surface area contributed by atoms with Crippen LogP contribution in [0.2, 0.25) is 0 Å². The highest BCUT2D eigenvalue weighted by molar-refractivity contribution is 5.32. The van der Waals surface area contributed by atoms with Crippen molar-refractivity contribution in [1.82, 2.24) is 4.90 Å². The van der Waals surface area contributed by atoms with E-state index in [1.807, 2.05) is 30.3 Å². The molecule has 1 heterocycles. The average molecular weight is 355 g/mol. The minimum atomic E-state index is -1.16. The summed E-state index contributed by atoms with van der Waals surface area (Å²) in [6.45, 7) is 7.65. The first-order valence-corrected chi connectivity index (χ1v) is 9.08. The van der Waals surface area contributed by atoms with Gasteiger partial charge in [-0.3, -0.25) is 4.90 Å². The lowest BCUT2D eigenvalue weighted by Crippen LogP contribution is -2.44. The molecule has 3 nitrogen and oxygen atoms in total. The normalized spacial score (nSPS) is 18.8. The molecule has 2 aromatic rings. The lowest BCUT2D eigenvalue weighted by atomic mass is 9.75. The SMILES string of the molecule is C=CC[C@@](O)(c1ccc(F)cc1)[C@H](CN1CCOCC1)c1ccccc1. The molecule has 0 spiro atoms. The Hall–Kier alpha value is -2.01. The van der Waals surface area contributed by atoms with Crippen molar-refractivity contribution < 1.29 is 14.2 Å². The molecule has 0 saturated carbocycles. The number of nitrogens with zero attached hydrogens (tertiary/aromatic N) is 1. The van der Waals surface area contributed by atoms with Gasteiger partial charge in [0.25, 0.3) is 0 Å². The molecule has 4 heteroatoms. The Bertz CT molecular complexity index is 698. The van der Waals surface area contributed by atoms with E-state index in [1.165, 1.54) is 12.1 Å². The van der Waals surface area contributed by atoms with Gasteiger partial charge in [-0.15, -0.1) is 6.58 Å². The third-order valence-electron chi connectivity index (χ3n) is 5.12. The first-order valence-electron chi connectivity index (χ1n) is 9.08. The molecule has 0 amide bonds. The molecular weight excluding hydrogens is 329 g/mol. The fraction of sp³-hybridized carbons (Fsp3) is 0.364. The molecule has 0 bridgehead atoms. The topological polar surface area (TPSA) is 32.7 Å². The van der Waals surface area contributed by atoms with Crippen LogP contribution in [0.5, 0.6) is 0 Å². The van der Waals surface area contributed by atoms with Crippen LogP contribution >= 0.6 is 0 Å². The van der Waals surface area contributed by atoms with Crippen molar-refractivity contribution in [2.75, 3.05) is 32.8 Å². The lowest BCUT2D eigenvalue weighted by molar-refractivity contribution is -0.0206. The molecule has 0 aromatic heterocycles. The molecule has 0 radical (unpaired) electrons. The standard InChI is InChI=1S/C22H26FNO2/c1-2-12-22(25,19-8-10-20(23)11-9-19)21(18-6-4-3-5-7-18)17-24-13-15-26-16-14-24/h2-11,21,25H,1,12-17H2/t21-,22-/m1/s1. The maximum atomic E-state index is 13.4. The van der Waals surface area contributed by atoms with Gasteiger partial charge in [0.2, 0.25) is 0 Å². The average Bonchev–Trinajstić information content (AvgIpc) is 2.68. The zero-order valence-corrected chi connectivity index (χ0v) is 15.0. The van der Waals surface area contributed by atoms with Crippen molar-refractivity contribution in [3.8, 4) is 0 Å². The number of halogens is 1. The molecule has 1 fully saturated rings. The quantitative estimate of drug-likeness (QED) is 0.769. The second-order valence-electron chi connectivity index (χ2n) is 6.80. The van der Waals surface area contributed by atoms with E-state index >= 15 is 0 Å². The summed E-state index contributed by atoms with van der Waals surface area (Å²) in [7, 11) is 0. The van der Waals surface area contributed by atoms with Gasteiger partial charge in [0.1, 0.15) is 11.4 Å². The fourth-order valence-electron chi connectivity index (χ4n) is 3.68. The predicted octanol–water partition coefficient (Wildman–Crippen LogP) is 3.71. The summed E-state index contributed by atoms with van der Waals surface area (Å²) < 4.78 is 18.9. The lowest BCUT2D eigenvalue weighted by Gasteiger charge is -2.40. The van der Waals surface area contributed by atoms with Crippen molar-refractivity contribution in [3.05, 3.63) is 84.2 Å². The van der Waals surface area contributed by atoms with E-state index in [2.05, 4.69) is 11.5 Å². The van der Waals surface area contributed by atoms with Crippen LogP contribution < -0.4 is 0 Å². The third kappa shape index (κ3) is 4.21. The highest BCUT2D eigenvalue weighted by Crippen LogP contribution is 2.41. The molecule has 1 N–H and O–H groups in total. The number of hydrogen-bond donors (Lipinski definition) is 1. The van der Waals surface area contributed by atoms with Crippen LogP contribution in [-0.4, -0.2) is 42.9 Å². The van der Waals surface area contributed by atoms with Gasteiger partial charge in [0.15, 0.2) is 0 Å². The molecular formula is C22H26FNO2. The van der Waals surface area contributed by atoms with E-state index in [0.29, 0.717) is 31.7 Å². The third-order valence-corrected chi connectivity index (χ3v) is 5.12. The zero-order chi connectivity index (χ0) is 18.4. The summed E-state index contributed by atoms with van der Waals surface area (Å²) in [5, 5.41) is 11.8. The van der Waals surface area contributed by atoms with Gasteiger partial charge < -0.3 is 9.84 Å². The number of ether oxygens (including phenoxy) is 1. The van der Waals surface area contributed by atoms with Gasteiger partial charge in [0, 0.05) is 25.6 Å². The molecule has 138 valence electrons. The van der Waals surface area contributed by atoms with Crippen molar-refractivity contribution in [2.24, 2.45) is 0 Å². The minimum absolute atomic E-state index is 0.162. The van der Waals surface area contributed by atoms with Crippen LogP contribution in [0.25, 0.3) is 0 Å². The number of rotatable bonds is 7. The summed E-state index contributed by atoms with van der Waals surface area (Å²) >= 11 is 0. The van der Waals surface area contributed by atoms with Gasteiger partial charge in [-0.2, -0.15) is 0 Å². The zero-order valence-electron chi connectivity index (χ0n) is 15.0. The summed E-state index contributed by atoms with van der Waals surface area (Å²) in [5.74, 6) is -0.468. The summed E-state index contributed by atoms with van der Waals surface area (Å²) in [4.78, 5) is 2.32. The van der Waals surface area contributed by atoms with Crippen molar-refractivity contribution in [3.63, 3.8) is 0 Å². The number of aliphatic hydroxyl groups is 1. The maximum absolute atomic E-state index is 13.4. The van der Waals surface area contributed by atoms with Crippen LogP contribution in [0.15, 0.2) is 67.3 Å². The van der Waals surface area contributed by atoms with Crippen molar-refractivity contribution >= 4 is 0 Å².